The molecule has 0 spiro atoms. The first kappa shape index (κ1) is 12.8. The van der Waals surface area contributed by atoms with Crippen LogP contribution in [0.2, 0.25) is 5.02 Å². The summed E-state index contributed by atoms with van der Waals surface area (Å²) in [5.74, 6) is 0. The number of thiazole rings is 1. The molecule has 2 aromatic rings. The molecule has 0 saturated carbocycles. The summed E-state index contributed by atoms with van der Waals surface area (Å²) in [6.45, 7) is 2.40. The van der Waals surface area contributed by atoms with Crippen LogP contribution in [0.25, 0.3) is 0 Å². The van der Waals surface area contributed by atoms with Crippen molar-refractivity contribution in [3.8, 4) is 0 Å². The van der Waals surface area contributed by atoms with Crippen molar-refractivity contribution in [3.05, 3.63) is 49.4 Å². The Hall–Kier alpha value is -1.66. The van der Waals surface area contributed by atoms with Gasteiger partial charge in [0.1, 0.15) is 5.69 Å². The average Bonchev–Trinajstić information content (AvgIpc) is 2.72. The zero-order valence-corrected chi connectivity index (χ0v) is 11.1. The second kappa shape index (κ2) is 5.32. The highest BCUT2D eigenvalue weighted by atomic mass is 35.5. The van der Waals surface area contributed by atoms with Gasteiger partial charge in [0.15, 0.2) is 0 Å². The Bertz CT molecular complexity index is 585. The summed E-state index contributed by atoms with van der Waals surface area (Å²) >= 11 is 7.35. The summed E-state index contributed by atoms with van der Waals surface area (Å²) < 4.78 is 0. The van der Waals surface area contributed by atoms with Crippen LogP contribution in [0.15, 0.2) is 23.7 Å². The predicted molar refractivity (Wildman–Crippen MR) is 72.3 cm³/mol. The molecule has 0 atom stereocenters. The molecule has 0 bridgehead atoms. The lowest BCUT2D eigenvalue weighted by molar-refractivity contribution is -0.384. The molecule has 1 N–H and O–H groups in total. The number of nitro benzene ring substituents is 1. The standard InChI is InChI=1S/C11H10ClN3O2S/c1-7-11(18-6-14-7)5-13-9-4-8(12)2-3-10(9)15(16)17/h2-4,6,13H,5H2,1H3. The molecule has 0 aliphatic carbocycles. The van der Waals surface area contributed by atoms with E-state index in [1.807, 2.05) is 6.92 Å². The Morgan fingerprint density at radius 2 is 2.33 bits per heavy atom. The molecule has 94 valence electrons. The van der Waals surface area contributed by atoms with Crippen molar-refractivity contribution >= 4 is 34.3 Å². The van der Waals surface area contributed by atoms with Crippen molar-refractivity contribution in [3.63, 3.8) is 0 Å². The van der Waals surface area contributed by atoms with Crippen molar-refractivity contribution in [2.45, 2.75) is 13.5 Å². The summed E-state index contributed by atoms with van der Waals surface area (Å²) in [6.07, 6.45) is 0. The lowest BCUT2D eigenvalue weighted by Crippen LogP contribution is -2.02. The van der Waals surface area contributed by atoms with E-state index in [2.05, 4.69) is 10.3 Å². The van der Waals surface area contributed by atoms with Crippen LogP contribution in [0, 0.1) is 17.0 Å². The highest BCUT2D eigenvalue weighted by Crippen LogP contribution is 2.28. The van der Waals surface area contributed by atoms with E-state index in [9.17, 15) is 10.1 Å². The second-order valence-electron chi connectivity index (χ2n) is 3.63. The largest absolute Gasteiger partial charge is 0.374 e. The van der Waals surface area contributed by atoms with Gasteiger partial charge in [-0.3, -0.25) is 10.1 Å². The summed E-state index contributed by atoms with van der Waals surface area (Å²) in [4.78, 5) is 15.6. The second-order valence-corrected chi connectivity index (χ2v) is 5.01. The Balaban J connectivity index is 2.20. The van der Waals surface area contributed by atoms with E-state index in [4.69, 9.17) is 11.6 Å². The fraction of sp³-hybridized carbons (Fsp3) is 0.182. The Morgan fingerprint density at radius 1 is 1.56 bits per heavy atom. The van der Waals surface area contributed by atoms with Crippen molar-refractivity contribution < 1.29 is 4.92 Å². The number of benzene rings is 1. The molecule has 0 radical (unpaired) electrons. The van der Waals surface area contributed by atoms with Crippen LogP contribution >= 0.6 is 22.9 Å². The summed E-state index contributed by atoms with van der Waals surface area (Å²) in [7, 11) is 0. The van der Waals surface area contributed by atoms with Crippen molar-refractivity contribution in [1.82, 2.24) is 4.98 Å². The van der Waals surface area contributed by atoms with Gasteiger partial charge < -0.3 is 5.32 Å². The summed E-state index contributed by atoms with van der Waals surface area (Å²) in [6, 6.07) is 4.45. The van der Waals surface area contributed by atoms with Gasteiger partial charge in [-0.25, -0.2) is 4.98 Å². The molecule has 0 aliphatic rings. The number of nitrogens with zero attached hydrogens (tertiary/aromatic N) is 2. The monoisotopic (exact) mass is 283 g/mol. The van der Waals surface area contributed by atoms with Gasteiger partial charge >= 0.3 is 0 Å². The average molecular weight is 284 g/mol. The maximum absolute atomic E-state index is 10.9. The van der Waals surface area contributed by atoms with E-state index in [0.29, 0.717) is 17.3 Å². The third-order valence-corrected chi connectivity index (χ3v) is 3.61. The first-order valence-electron chi connectivity index (χ1n) is 5.14. The van der Waals surface area contributed by atoms with Crippen LogP contribution in [-0.2, 0) is 6.54 Å². The normalized spacial score (nSPS) is 10.3. The molecule has 18 heavy (non-hydrogen) atoms. The number of aromatic nitrogens is 1. The molecule has 5 nitrogen and oxygen atoms in total. The smallest absolute Gasteiger partial charge is 0.292 e. The SMILES string of the molecule is Cc1ncsc1CNc1cc(Cl)ccc1[N+](=O)[O-]. The molecular formula is C11H10ClN3O2S. The molecule has 0 fully saturated rings. The molecule has 1 aromatic heterocycles. The van der Waals surface area contributed by atoms with Crippen LogP contribution in [0.4, 0.5) is 11.4 Å². The fourth-order valence-corrected chi connectivity index (χ4v) is 2.37. The Kier molecular flexibility index (Phi) is 3.78. The van der Waals surface area contributed by atoms with Gasteiger partial charge in [0, 0.05) is 16.0 Å². The van der Waals surface area contributed by atoms with Gasteiger partial charge in [-0.2, -0.15) is 0 Å². The van der Waals surface area contributed by atoms with Crippen LogP contribution in [-0.4, -0.2) is 9.91 Å². The van der Waals surface area contributed by atoms with Gasteiger partial charge in [0.05, 0.1) is 22.7 Å². The van der Waals surface area contributed by atoms with Crippen molar-refractivity contribution in [1.29, 1.82) is 0 Å². The highest BCUT2D eigenvalue weighted by Gasteiger charge is 2.14. The van der Waals surface area contributed by atoms with E-state index < -0.39 is 4.92 Å². The van der Waals surface area contributed by atoms with Gasteiger partial charge in [-0.15, -0.1) is 11.3 Å². The van der Waals surface area contributed by atoms with E-state index in [-0.39, 0.29) is 5.69 Å². The molecule has 1 aromatic carbocycles. The zero-order valence-electron chi connectivity index (χ0n) is 9.51. The van der Waals surface area contributed by atoms with Gasteiger partial charge in [-0.05, 0) is 19.1 Å². The lowest BCUT2D eigenvalue weighted by atomic mass is 10.2. The first-order valence-corrected chi connectivity index (χ1v) is 6.40. The molecule has 7 heteroatoms. The molecule has 0 saturated heterocycles. The van der Waals surface area contributed by atoms with Crippen LogP contribution in [0.5, 0.6) is 0 Å². The molecule has 2 rings (SSSR count). The maximum Gasteiger partial charge on any atom is 0.292 e. The number of nitro groups is 1. The summed E-state index contributed by atoms with van der Waals surface area (Å²) in [5.41, 5.74) is 3.11. The third kappa shape index (κ3) is 2.77. The topological polar surface area (TPSA) is 68.1 Å². The van der Waals surface area contributed by atoms with Crippen LogP contribution in [0.3, 0.4) is 0 Å². The van der Waals surface area contributed by atoms with Gasteiger partial charge in [-0.1, -0.05) is 11.6 Å². The molecular weight excluding hydrogens is 274 g/mol. The number of anilines is 1. The number of hydrogen-bond donors (Lipinski definition) is 1. The van der Waals surface area contributed by atoms with Crippen LogP contribution in [0.1, 0.15) is 10.6 Å². The van der Waals surface area contributed by atoms with Crippen molar-refractivity contribution in [2.75, 3.05) is 5.32 Å². The van der Waals surface area contributed by atoms with E-state index in [1.165, 1.54) is 23.5 Å². The fourth-order valence-electron chi connectivity index (χ4n) is 1.48. The molecule has 0 unspecified atom stereocenters. The number of rotatable bonds is 4. The van der Waals surface area contributed by atoms with E-state index >= 15 is 0 Å². The van der Waals surface area contributed by atoms with Gasteiger partial charge in [0.2, 0.25) is 0 Å². The summed E-state index contributed by atoms with van der Waals surface area (Å²) in [5, 5.41) is 14.4. The minimum Gasteiger partial charge on any atom is -0.374 e. The quantitative estimate of drug-likeness (QED) is 0.687. The molecule has 0 amide bonds. The highest BCUT2D eigenvalue weighted by molar-refractivity contribution is 7.09. The minimum absolute atomic E-state index is 0.0153. The zero-order chi connectivity index (χ0) is 13.1. The Labute approximate surface area is 113 Å². The third-order valence-electron chi connectivity index (χ3n) is 2.44. The van der Waals surface area contributed by atoms with Gasteiger partial charge in [0.25, 0.3) is 5.69 Å². The van der Waals surface area contributed by atoms with E-state index in [0.717, 1.165) is 10.6 Å². The molecule has 0 aliphatic heterocycles. The van der Waals surface area contributed by atoms with Crippen LogP contribution < -0.4 is 5.32 Å². The predicted octanol–water partition coefficient (Wildman–Crippen LogP) is 3.63. The number of halogens is 1. The maximum atomic E-state index is 10.9. The first-order chi connectivity index (χ1) is 8.58. The number of aryl methyl sites for hydroxylation is 1. The number of nitrogens with one attached hydrogen (secondary N) is 1. The Morgan fingerprint density at radius 3 is 2.94 bits per heavy atom. The van der Waals surface area contributed by atoms with E-state index in [1.54, 1.807) is 11.6 Å². The minimum atomic E-state index is -0.432. The number of hydrogen-bond acceptors (Lipinski definition) is 5. The molecule has 1 heterocycles. The lowest BCUT2D eigenvalue weighted by Gasteiger charge is -2.06. The van der Waals surface area contributed by atoms with Crippen molar-refractivity contribution in [2.24, 2.45) is 0 Å².